The normalized spacial score (nSPS) is 10.2. The Bertz CT molecular complexity index is 678. The average Bonchev–Trinajstić information content (AvgIpc) is 2.44. The van der Waals surface area contributed by atoms with Crippen molar-refractivity contribution < 1.29 is 9.66 Å². The van der Waals surface area contributed by atoms with Crippen molar-refractivity contribution in [2.45, 2.75) is 13.5 Å². The van der Waals surface area contributed by atoms with Gasteiger partial charge in [-0.1, -0.05) is 28.1 Å². The van der Waals surface area contributed by atoms with E-state index in [-0.39, 0.29) is 29.8 Å². The van der Waals surface area contributed by atoms with Crippen LogP contribution in [0.15, 0.2) is 28.7 Å². The summed E-state index contributed by atoms with van der Waals surface area (Å²) in [7, 11) is 1.64. The van der Waals surface area contributed by atoms with Crippen LogP contribution in [0, 0.1) is 17.0 Å². The first-order chi connectivity index (χ1) is 10.0. The number of halogens is 1. The van der Waals surface area contributed by atoms with E-state index in [2.05, 4.69) is 31.2 Å². The molecule has 2 aromatic rings. The van der Waals surface area contributed by atoms with Gasteiger partial charge in [0.25, 0.3) is 5.88 Å². The first kappa shape index (κ1) is 15.2. The smallest absolute Gasteiger partial charge is 0.352 e. The lowest BCUT2D eigenvalue weighted by Crippen LogP contribution is -2.07. The third-order valence-corrected chi connectivity index (χ3v) is 3.19. The van der Waals surface area contributed by atoms with Crippen LogP contribution in [0.25, 0.3) is 0 Å². The van der Waals surface area contributed by atoms with Crippen molar-refractivity contribution in [3.63, 3.8) is 0 Å². The zero-order chi connectivity index (χ0) is 15.4. The molecule has 0 spiro atoms. The number of nitrogens with one attached hydrogen (secondary N) is 1. The number of ether oxygens (including phenoxy) is 1. The van der Waals surface area contributed by atoms with Crippen molar-refractivity contribution in [3.8, 4) is 5.88 Å². The molecule has 1 heterocycles. The van der Waals surface area contributed by atoms with Crippen molar-refractivity contribution in [1.82, 2.24) is 9.97 Å². The average molecular weight is 353 g/mol. The van der Waals surface area contributed by atoms with Gasteiger partial charge in [-0.3, -0.25) is 10.1 Å². The molecule has 110 valence electrons. The molecule has 0 fully saturated rings. The van der Waals surface area contributed by atoms with Crippen LogP contribution in [-0.2, 0) is 6.61 Å². The largest absolute Gasteiger partial charge is 0.468 e. The quantitative estimate of drug-likeness (QED) is 0.656. The molecule has 0 unspecified atom stereocenters. The van der Waals surface area contributed by atoms with Gasteiger partial charge >= 0.3 is 5.69 Å². The lowest BCUT2D eigenvalue weighted by Gasteiger charge is -2.09. The minimum Gasteiger partial charge on any atom is -0.468 e. The molecule has 0 aliphatic heterocycles. The van der Waals surface area contributed by atoms with Crippen LogP contribution in [0.1, 0.15) is 11.3 Å². The minimum atomic E-state index is -0.537. The topological polar surface area (TPSA) is 90.2 Å². The van der Waals surface area contributed by atoms with Crippen LogP contribution < -0.4 is 10.1 Å². The van der Waals surface area contributed by atoms with E-state index in [4.69, 9.17) is 4.74 Å². The van der Waals surface area contributed by atoms with E-state index in [0.717, 1.165) is 10.0 Å². The van der Waals surface area contributed by atoms with E-state index in [1.54, 1.807) is 14.0 Å². The third kappa shape index (κ3) is 3.66. The molecule has 8 heteroatoms. The molecule has 1 aromatic carbocycles. The Hall–Kier alpha value is -2.22. The summed E-state index contributed by atoms with van der Waals surface area (Å²) in [5, 5.41) is 13.9. The van der Waals surface area contributed by atoms with Crippen LogP contribution in [0.4, 0.5) is 11.6 Å². The van der Waals surface area contributed by atoms with Gasteiger partial charge in [-0.05, 0) is 24.6 Å². The summed E-state index contributed by atoms with van der Waals surface area (Å²) in [4.78, 5) is 18.6. The third-order valence-electron chi connectivity index (χ3n) is 2.70. The van der Waals surface area contributed by atoms with Crippen molar-refractivity contribution in [3.05, 3.63) is 50.1 Å². The number of aromatic nitrogens is 2. The molecule has 0 atom stereocenters. The Morgan fingerprint density at radius 3 is 2.81 bits per heavy atom. The molecule has 7 nitrogen and oxygen atoms in total. The summed E-state index contributed by atoms with van der Waals surface area (Å²) >= 11 is 3.36. The minimum absolute atomic E-state index is 0.0446. The fraction of sp³-hybridized carbons (Fsp3) is 0.231. The number of nitro groups is 1. The van der Waals surface area contributed by atoms with E-state index in [9.17, 15) is 10.1 Å². The zero-order valence-electron chi connectivity index (χ0n) is 11.5. The van der Waals surface area contributed by atoms with Gasteiger partial charge < -0.3 is 10.1 Å². The van der Waals surface area contributed by atoms with Crippen LogP contribution in [-0.4, -0.2) is 21.9 Å². The highest BCUT2D eigenvalue weighted by Crippen LogP contribution is 2.29. The van der Waals surface area contributed by atoms with Gasteiger partial charge in [0.05, 0.1) is 4.92 Å². The number of benzene rings is 1. The Balaban J connectivity index is 2.29. The van der Waals surface area contributed by atoms with Crippen LogP contribution in [0.5, 0.6) is 5.88 Å². The summed E-state index contributed by atoms with van der Waals surface area (Å²) in [6.45, 7) is 1.73. The number of rotatable bonds is 5. The van der Waals surface area contributed by atoms with Gasteiger partial charge in [0.15, 0.2) is 0 Å². The van der Waals surface area contributed by atoms with Gasteiger partial charge in [0.2, 0.25) is 5.95 Å². The van der Waals surface area contributed by atoms with Crippen LogP contribution in [0.2, 0.25) is 0 Å². The maximum absolute atomic E-state index is 11.1. The van der Waals surface area contributed by atoms with E-state index in [0.29, 0.717) is 0 Å². The van der Waals surface area contributed by atoms with E-state index < -0.39 is 4.92 Å². The summed E-state index contributed by atoms with van der Waals surface area (Å²) in [5.74, 6) is 0.235. The number of hydrogen-bond acceptors (Lipinski definition) is 6. The van der Waals surface area contributed by atoms with E-state index in [1.165, 1.54) is 0 Å². The molecule has 0 amide bonds. The Morgan fingerprint density at radius 1 is 1.43 bits per heavy atom. The fourth-order valence-corrected chi connectivity index (χ4v) is 2.19. The highest BCUT2D eigenvalue weighted by atomic mass is 79.9. The SMILES string of the molecule is CNc1nc(C)c([N+](=O)[O-])c(OCc2cccc(Br)c2)n1. The molecule has 1 N–H and O–H groups in total. The van der Waals surface area contributed by atoms with Crippen LogP contribution >= 0.6 is 15.9 Å². The first-order valence-corrected chi connectivity index (χ1v) is 6.88. The first-order valence-electron chi connectivity index (χ1n) is 6.09. The maximum atomic E-state index is 11.1. The van der Waals surface area contributed by atoms with Gasteiger partial charge in [-0.2, -0.15) is 4.98 Å². The molecule has 0 bridgehead atoms. The van der Waals surface area contributed by atoms with Crippen molar-refractivity contribution >= 4 is 27.6 Å². The predicted octanol–water partition coefficient (Wildman–Crippen LogP) is 3.08. The van der Waals surface area contributed by atoms with Gasteiger partial charge in [0.1, 0.15) is 12.3 Å². The fourth-order valence-electron chi connectivity index (χ4n) is 1.74. The predicted molar refractivity (Wildman–Crippen MR) is 81.4 cm³/mol. The summed E-state index contributed by atoms with van der Waals surface area (Å²) < 4.78 is 6.42. The monoisotopic (exact) mass is 352 g/mol. The molecule has 0 aliphatic carbocycles. The lowest BCUT2D eigenvalue weighted by atomic mass is 10.2. The Labute approximate surface area is 129 Å². The molecule has 0 saturated heterocycles. The van der Waals surface area contributed by atoms with Gasteiger partial charge in [-0.25, -0.2) is 4.98 Å². The highest BCUT2D eigenvalue weighted by Gasteiger charge is 2.23. The lowest BCUT2D eigenvalue weighted by molar-refractivity contribution is -0.387. The standard InChI is InChI=1S/C13H13BrN4O3/c1-8-11(18(19)20)12(17-13(15-2)16-8)21-7-9-4-3-5-10(14)6-9/h3-6H,7H2,1-2H3,(H,15,16,17). The Morgan fingerprint density at radius 2 is 2.19 bits per heavy atom. The van der Waals surface area contributed by atoms with E-state index >= 15 is 0 Å². The molecular formula is C13H13BrN4O3. The van der Waals surface area contributed by atoms with Crippen molar-refractivity contribution in [1.29, 1.82) is 0 Å². The second kappa shape index (κ2) is 6.49. The highest BCUT2D eigenvalue weighted by molar-refractivity contribution is 9.10. The second-order valence-corrected chi connectivity index (χ2v) is 5.13. The maximum Gasteiger partial charge on any atom is 0.352 e. The molecule has 21 heavy (non-hydrogen) atoms. The molecule has 1 aromatic heterocycles. The van der Waals surface area contributed by atoms with Crippen LogP contribution in [0.3, 0.4) is 0 Å². The van der Waals surface area contributed by atoms with Crippen molar-refractivity contribution in [2.24, 2.45) is 0 Å². The molecule has 2 rings (SSSR count). The van der Waals surface area contributed by atoms with E-state index in [1.807, 2.05) is 24.3 Å². The zero-order valence-corrected chi connectivity index (χ0v) is 13.0. The number of nitrogens with zero attached hydrogens (tertiary/aromatic N) is 3. The summed E-state index contributed by atoms with van der Waals surface area (Å²) in [5.41, 5.74) is 0.911. The molecular weight excluding hydrogens is 340 g/mol. The number of aryl methyl sites for hydroxylation is 1. The Kier molecular flexibility index (Phi) is 4.69. The van der Waals surface area contributed by atoms with Gasteiger partial charge in [-0.15, -0.1) is 0 Å². The van der Waals surface area contributed by atoms with Crippen molar-refractivity contribution in [2.75, 3.05) is 12.4 Å². The molecule has 0 radical (unpaired) electrons. The summed E-state index contributed by atoms with van der Waals surface area (Å²) in [6.07, 6.45) is 0. The summed E-state index contributed by atoms with van der Waals surface area (Å²) in [6, 6.07) is 7.49. The second-order valence-electron chi connectivity index (χ2n) is 4.21. The van der Waals surface area contributed by atoms with Gasteiger partial charge in [0, 0.05) is 11.5 Å². The number of hydrogen-bond donors (Lipinski definition) is 1. The molecule has 0 saturated carbocycles. The number of anilines is 1. The molecule has 0 aliphatic rings.